The van der Waals surface area contributed by atoms with Gasteiger partial charge in [-0.2, -0.15) is 0 Å². The highest BCUT2D eigenvalue weighted by Gasteiger charge is 2.51. The number of rotatable bonds is 9. The van der Waals surface area contributed by atoms with Gasteiger partial charge in [-0.05, 0) is 18.9 Å². The molecule has 0 bridgehead atoms. The van der Waals surface area contributed by atoms with Gasteiger partial charge in [-0.3, -0.25) is 9.59 Å². The second-order valence-electron chi connectivity index (χ2n) is 8.96. The first-order chi connectivity index (χ1) is 15.5. The van der Waals surface area contributed by atoms with Crippen LogP contribution in [0.5, 0.6) is 0 Å². The number of nitrogens with one attached hydrogen (secondary N) is 2. The molecule has 4 amide bonds. The predicted octanol–water partition coefficient (Wildman–Crippen LogP) is 2.42. The fourth-order valence-electron chi connectivity index (χ4n) is 3.75. The SMILES string of the molecule is CCCCC(NC(=O)OC1C(=O)N(C(=O)O)CC1(C)C)[C@H](O)C(=O)N[C@H](C)c1ccccc1. The van der Waals surface area contributed by atoms with E-state index in [9.17, 15) is 24.3 Å². The zero-order valence-electron chi connectivity index (χ0n) is 19.4. The first-order valence-electron chi connectivity index (χ1n) is 11.0. The fraction of sp³-hybridized carbons (Fsp3) is 0.565. The third-order valence-electron chi connectivity index (χ3n) is 5.70. The largest absolute Gasteiger partial charge is 0.465 e. The number of carbonyl (C=O) groups excluding carboxylic acids is 3. The highest BCUT2D eigenvalue weighted by atomic mass is 16.6. The summed E-state index contributed by atoms with van der Waals surface area (Å²) in [5.41, 5.74) is -0.0622. The zero-order chi connectivity index (χ0) is 24.8. The molecule has 4 N–H and O–H groups in total. The van der Waals surface area contributed by atoms with Crippen molar-refractivity contribution in [3.8, 4) is 0 Å². The lowest BCUT2D eigenvalue weighted by molar-refractivity contribution is -0.135. The number of carbonyl (C=O) groups is 4. The molecule has 0 radical (unpaired) electrons. The van der Waals surface area contributed by atoms with Crippen molar-refractivity contribution in [1.82, 2.24) is 15.5 Å². The van der Waals surface area contributed by atoms with E-state index in [4.69, 9.17) is 9.84 Å². The van der Waals surface area contributed by atoms with Gasteiger partial charge in [-0.1, -0.05) is 63.9 Å². The number of carboxylic acid groups (broad SMARTS) is 1. The third-order valence-corrected chi connectivity index (χ3v) is 5.70. The monoisotopic (exact) mass is 463 g/mol. The lowest BCUT2D eigenvalue weighted by Crippen LogP contribution is -2.52. The molecule has 182 valence electrons. The summed E-state index contributed by atoms with van der Waals surface area (Å²) in [6.45, 7) is 6.84. The number of imide groups is 1. The Hall–Kier alpha value is -3.14. The van der Waals surface area contributed by atoms with Crippen molar-refractivity contribution in [1.29, 1.82) is 0 Å². The van der Waals surface area contributed by atoms with Crippen LogP contribution in [-0.2, 0) is 14.3 Å². The average Bonchev–Trinajstić information content (AvgIpc) is 3.00. The molecule has 1 aromatic rings. The normalized spacial score (nSPS) is 20.0. The molecule has 2 unspecified atom stereocenters. The second-order valence-corrected chi connectivity index (χ2v) is 8.96. The highest BCUT2D eigenvalue weighted by molar-refractivity contribution is 5.97. The third kappa shape index (κ3) is 6.67. The number of benzene rings is 1. The second kappa shape index (κ2) is 11.1. The van der Waals surface area contributed by atoms with Crippen molar-refractivity contribution in [3.63, 3.8) is 0 Å². The molecule has 4 atom stereocenters. The summed E-state index contributed by atoms with van der Waals surface area (Å²) in [6.07, 6.45) is -3.56. The van der Waals surface area contributed by atoms with Crippen LogP contribution in [0.1, 0.15) is 58.6 Å². The number of amides is 4. The van der Waals surface area contributed by atoms with Crippen LogP contribution in [0.4, 0.5) is 9.59 Å². The van der Waals surface area contributed by atoms with Gasteiger partial charge in [-0.15, -0.1) is 0 Å². The topological polar surface area (TPSA) is 145 Å². The maximum Gasteiger partial charge on any atom is 0.414 e. The van der Waals surface area contributed by atoms with Crippen LogP contribution in [0.25, 0.3) is 0 Å². The Morgan fingerprint density at radius 3 is 2.39 bits per heavy atom. The maximum absolute atomic E-state index is 12.7. The fourth-order valence-corrected chi connectivity index (χ4v) is 3.75. The Bertz CT molecular complexity index is 859. The van der Waals surface area contributed by atoms with E-state index in [-0.39, 0.29) is 12.6 Å². The van der Waals surface area contributed by atoms with Crippen LogP contribution < -0.4 is 10.6 Å². The first kappa shape index (κ1) is 26.1. The van der Waals surface area contributed by atoms with Crippen LogP contribution >= 0.6 is 0 Å². The molecule has 10 nitrogen and oxygen atoms in total. The van der Waals surface area contributed by atoms with E-state index in [1.54, 1.807) is 20.8 Å². The van der Waals surface area contributed by atoms with Gasteiger partial charge in [0, 0.05) is 12.0 Å². The molecule has 10 heteroatoms. The van der Waals surface area contributed by atoms with Gasteiger partial charge >= 0.3 is 12.2 Å². The summed E-state index contributed by atoms with van der Waals surface area (Å²) in [7, 11) is 0. The Morgan fingerprint density at radius 2 is 1.85 bits per heavy atom. The Labute approximate surface area is 193 Å². The predicted molar refractivity (Wildman–Crippen MR) is 119 cm³/mol. The van der Waals surface area contributed by atoms with Crippen molar-refractivity contribution in [3.05, 3.63) is 35.9 Å². The van der Waals surface area contributed by atoms with Gasteiger partial charge in [0.15, 0.2) is 12.2 Å². The molecule has 1 heterocycles. The maximum atomic E-state index is 12.7. The number of likely N-dealkylation sites (tertiary alicyclic amines) is 1. The van der Waals surface area contributed by atoms with Gasteiger partial charge in [0.05, 0.1) is 12.1 Å². The van der Waals surface area contributed by atoms with E-state index in [2.05, 4.69) is 10.6 Å². The Balaban J connectivity index is 2.05. The van der Waals surface area contributed by atoms with Gasteiger partial charge < -0.3 is 25.6 Å². The molecule has 1 saturated heterocycles. The van der Waals surface area contributed by atoms with Crippen molar-refractivity contribution in [2.45, 2.75) is 71.2 Å². The average molecular weight is 464 g/mol. The van der Waals surface area contributed by atoms with Crippen LogP contribution in [0.15, 0.2) is 30.3 Å². The van der Waals surface area contributed by atoms with Crippen LogP contribution in [0.3, 0.4) is 0 Å². The minimum absolute atomic E-state index is 0.110. The number of hydrogen-bond acceptors (Lipinski definition) is 6. The van der Waals surface area contributed by atoms with E-state index < -0.39 is 47.7 Å². The minimum atomic E-state index is -1.54. The lowest BCUT2D eigenvalue weighted by atomic mass is 9.90. The van der Waals surface area contributed by atoms with Crippen LogP contribution in [0.2, 0.25) is 0 Å². The summed E-state index contributed by atoms with van der Waals surface area (Å²) in [6, 6.07) is 7.93. The number of hydrogen-bond donors (Lipinski definition) is 4. The molecule has 0 aromatic heterocycles. The number of ether oxygens (including phenoxy) is 1. The number of unbranched alkanes of at least 4 members (excludes halogenated alkanes) is 1. The van der Waals surface area contributed by atoms with Crippen molar-refractivity contribution in [2.24, 2.45) is 5.41 Å². The van der Waals surface area contributed by atoms with Gasteiger partial charge in [-0.25, -0.2) is 14.5 Å². The summed E-state index contributed by atoms with van der Waals surface area (Å²) in [4.78, 5) is 49.5. The molecule has 1 aromatic carbocycles. The molecule has 2 rings (SSSR count). The molecule has 1 aliphatic rings. The number of alkyl carbamates (subject to hydrolysis) is 1. The molecule has 0 saturated carbocycles. The van der Waals surface area contributed by atoms with E-state index in [1.165, 1.54) is 0 Å². The minimum Gasteiger partial charge on any atom is -0.465 e. The lowest BCUT2D eigenvalue weighted by Gasteiger charge is -2.27. The van der Waals surface area contributed by atoms with E-state index in [1.807, 2.05) is 37.3 Å². The van der Waals surface area contributed by atoms with Crippen molar-refractivity contribution >= 4 is 24.0 Å². The van der Waals surface area contributed by atoms with Crippen LogP contribution in [0, 0.1) is 5.41 Å². The molecular weight excluding hydrogens is 430 g/mol. The van der Waals surface area contributed by atoms with Gasteiger partial charge in [0.25, 0.3) is 11.8 Å². The molecule has 0 spiro atoms. The quantitative estimate of drug-likeness (QED) is 0.440. The summed E-state index contributed by atoms with van der Waals surface area (Å²) >= 11 is 0. The summed E-state index contributed by atoms with van der Waals surface area (Å²) in [5.74, 6) is -1.48. The Morgan fingerprint density at radius 1 is 1.21 bits per heavy atom. The van der Waals surface area contributed by atoms with E-state index in [0.717, 1.165) is 12.0 Å². The van der Waals surface area contributed by atoms with Gasteiger partial charge in [0.2, 0.25) is 0 Å². The van der Waals surface area contributed by atoms with Gasteiger partial charge in [0.1, 0.15) is 0 Å². The standard InChI is InChI=1S/C23H33N3O7/c1-5-6-12-16(17(27)19(28)24-14(2)15-10-8-7-9-11-15)25-21(30)33-18-20(29)26(22(31)32)13-23(18,3)4/h7-11,14,16-18,27H,5-6,12-13H2,1-4H3,(H,24,28)(H,25,30)(H,31,32)/t14-,16?,17+,18?/m1/s1. The summed E-state index contributed by atoms with van der Waals surface area (Å²) < 4.78 is 5.26. The Kier molecular flexibility index (Phi) is 8.81. The highest BCUT2D eigenvalue weighted by Crippen LogP contribution is 2.33. The van der Waals surface area contributed by atoms with E-state index in [0.29, 0.717) is 17.7 Å². The van der Waals surface area contributed by atoms with Crippen molar-refractivity contribution in [2.75, 3.05) is 6.54 Å². The zero-order valence-corrected chi connectivity index (χ0v) is 19.4. The smallest absolute Gasteiger partial charge is 0.414 e. The number of aliphatic hydroxyl groups is 1. The summed E-state index contributed by atoms with van der Waals surface area (Å²) in [5, 5.41) is 25.0. The first-order valence-corrected chi connectivity index (χ1v) is 11.0. The molecule has 33 heavy (non-hydrogen) atoms. The number of aliphatic hydroxyl groups excluding tert-OH is 1. The molecular formula is C23H33N3O7. The molecule has 1 aliphatic heterocycles. The van der Waals surface area contributed by atoms with E-state index >= 15 is 0 Å². The molecule has 0 aliphatic carbocycles. The number of nitrogens with zero attached hydrogens (tertiary/aromatic N) is 1. The van der Waals surface area contributed by atoms with Crippen LogP contribution in [-0.4, -0.2) is 63.9 Å². The molecule has 1 fully saturated rings. The van der Waals surface area contributed by atoms with Crippen molar-refractivity contribution < 1.29 is 34.1 Å².